The van der Waals surface area contributed by atoms with Gasteiger partial charge in [-0.05, 0) is 61.0 Å². The van der Waals surface area contributed by atoms with Crippen LogP contribution in [0.25, 0.3) is 22.2 Å². The largest absolute Gasteiger partial charge is 0.454 e. The Hall–Kier alpha value is -2.69. The number of rotatable bonds is 3. The molecule has 134 valence electrons. The predicted octanol–water partition coefficient (Wildman–Crippen LogP) is 6.84. The predicted molar refractivity (Wildman–Crippen MR) is 106 cm³/mol. The number of hydrogen-bond donors (Lipinski definition) is 0. The zero-order valence-electron chi connectivity index (χ0n) is 14.2. The number of aryl methyl sites for hydroxylation is 1. The summed E-state index contributed by atoms with van der Waals surface area (Å²) in [6.45, 7) is 1.98. The molecule has 0 aliphatic rings. The van der Waals surface area contributed by atoms with Crippen molar-refractivity contribution in [1.82, 2.24) is 9.97 Å². The van der Waals surface area contributed by atoms with Gasteiger partial charge in [0.25, 0.3) is 0 Å². The first-order chi connectivity index (χ1) is 13.0. The molecule has 3 nitrogen and oxygen atoms in total. The molecule has 0 fully saturated rings. The van der Waals surface area contributed by atoms with Crippen molar-refractivity contribution in [3.05, 3.63) is 82.4 Å². The van der Waals surface area contributed by atoms with Gasteiger partial charge < -0.3 is 4.74 Å². The molecular formula is C21H13Cl2FN2O. The first-order valence-electron chi connectivity index (χ1n) is 8.16. The maximum Gasteiger partial charge on any atom is 0.212 e. The molecule has 4 aromatic rings. The fourth-order valence-corrected chi connectivity index (χ4v) is 3.28. The summed E-state index contributed by atoms with van der Waals surface area (Å²) in [5, 5.41) is 1.82. The third kappa shape index (κ3) is 3.59. The van der Waals surface area contributed by atoms with Crippen LogP contribution in [0.5, 0.6) is 11.5 Å². The summed E-state index contributed by atoms with van der Waals surface area (Å²) in [5.41, 5.74) is 3.29. The minimum Gasteiger partial charge on any atom is -0.454 e. The Morgan fingerprint density at radius 2 is 1.74 bits per heavy atom. The highest BCUT2D eigenvalue weighted by Gasteiger charge is 2.11. The quantitative estimate of drug-likeness (QED) is 0.354. The fourth-order valence-electron chi connectivity index (χ4n) is 2.81. The lowest BCUT2D eigenvalue weighted by Crippen LogP contribution is -1.92. The lowest BCUT2D eigenvalue weighted by molar-refractivity contribution is 0.484. The molecule has 0 saturated heterocycles. The third-order valence-electron chi connectivity index (χ3n) is 4.15. The maximum atomic E-state index is 13.1. The van der Waals surface area contributed by atoms with Crippen LogP contribution in [-0.2, 0) is 0 Å². The molecule has 2 aromatic heterocycles. The van der Waals surface area contributed by atoms with Crippen LogP contribution < -0.4 is 4.74 Å². The van der Waals surface area contributed by atoms with Gasteiger partial charge in [0.2, 0.25) is 5.95 Å². The second-order valence-electron chi connectivity index (χ2n) is 6.03. The van der Waals surface area contributed by atoms with E-state index in [1.807, 2.05) is 25.1 Å². The summed E-state index contributed by atoms with van der Waals surface area (Å²) in [5.74, 6) is 0.509. The van der Waals surface area contributed by atoms with Gasteiger partial charge in [0.1, 0.15) is 5.75 Å². The van der Waals surface area contributed by atoms with E-state index in [1.165, 1.54) is 12.3 Å². The Labute approximate surface area is 165 Å². The number of ether oxygens (including phenoxy) is 1. The minimum absolute atomic E-state index is 0.416. The van der Waals surface area contributed by atoms with Crippen molar-refractivity contribution in [2.75, 3.05) is 0 Å². The SMILES string of the molecule is Cc1cc(-c2ccc(F)nc2)nc2ccc(Oc3c(Cl)cccc3Cl)cc12. The third-order valence-corrected chi connectivity index (χ3v) is 4.74. The van der Waals surface area contributed by atoms with Crippen LogP contribution in [0.4, 0.5) is 4.39 Å². The van der Waals surface area contributed by atoms with E-state index in [2.05, 4.69) is 9.97 Å². The molecule has 27 heavy (non-hydrogen) atoms. The summed E-state index contributed by atoms with van der Waals surface area (Å²) in [4.78, 5) is 8.34. The molecular weight excluding hydrogens is 386 g/mol. The smallest absolute Gasteiger partial charge is 0.212 e. The van der Waals surface area contributed by atoms with Gasteiger partial charge >= 0.3 is 0 Å². The average molecular weight is 399 g/mol. The first kappa shape index (κ1) is 17.7. The Bertz CT molecular complexity index is 1130. The molecule has 0 bridgehead atoms. The fraction of sp³-hybridized carbons (Fsp3) is 0.0476. The van der Waals surface area contributed by atoms with Crippen LogP contribution in [-0.4, -0.2) is 9.97 Å². The van der Waals surface area contributed by atoms with E-state index in [-0.39, 0.29) is 0 Å². The van der Waals surface area contributed by atoms with E-state index in [9.17, 15) is 4.39 Å². The van der Waals surface area contributed by atoms with Gasteiger partial charge in [0.15, 0.2) is 5.75 Å². The highest BCUT2D eigenvalue weighted by atomic mass is 35.5. The van der Waals surface area contributed by atoms with Crippen molar-refractivity contribution in [3.63, 3.8) is 0 Å². The molecule has 0 unspecified atom stereocenters. The highest BCUT2D eigenvalue weighted by Crippen LogP contribution is 2.37. The van der Waals surface area contributed by atoms with Crippen LogP contribution in [0, 0.1) is 12.9 Å². The van der Waals surface area contributed by atoms with E-state index in [4.69, 9.17) is 27.9 Å². The van der Waals surface area contributed by atoms with Crippen molar-refractivity contribution in [2.24, 2.45) is 0 Å². The topological polar surface area (TPSA) is 35.0 Å². The average Bonchev–Trinajstić information content (AvgIpc) is 2.66. The number of hydrogen-bond acceptors (Lipinski definition) is 3. The summed E-state index contributed by atoms with van der Waals surface area (Å²) in [7, 11) is 0. The van der Waals surface area contributed by atoms with Gasteiger partial charge in [-0.2, -0.15) is 4.39 Å². The van der Waals surface area contributed by atoms with E-state index in [0.717, 1.165) is 27.7 Å². The Balaban J connectivity index is 1.74. The Morgan fingerprint density at radius 1 is 0.963 bits per heavy atom. The van der Waals surface area contributed by atoms with Gasteiger partial charge in [-0.15, -0.1) is 0 Å². The van der Waals surface area contributed by atoms with Gasteiger partial charge in [-0.1, -0.05) is 29.3 Å². The van der Waals surface area contributed by atoms with Crippen LogP contribution in [0.2, 0.25) is 10.0 Å². The van der Waals surface area contributed by atoms with Gasteiger partial charge in [0.05, 0.1) is 21.3 Å². The van der Waals surface area contributed by atoms with E-state index >= 15 is 0 Å². The molecule has 0 radical (unpaired) electrons. The normalized spacial score (nSPS) is 11.0. The Morgan fingerprint density at radius 3 is 2.44 bits per heavy atom. The number of halogens is 3. The zero-order valence-corrected chi connectivity index (χ0v) is 15.7. The van der Waals surface area contributed by atoms with Crippen LogP contribution >= 0.6 is 23.2 Å². The standard InChI is InChI=1S/C21H13Cl2FN2O/c1-12-9-19(13-5-8-20(24)25-11-13)26-18-7-6-14(10-15(12)18)27-21-16(22)3-2-4-17(21)23/h2-11H,1H3. The van der Waals surface area contributed by atoms with E-state index in [0.29, 0.717) is 21.5 Å². The van der Waals surface area contributed by atoms with Gasteiger partial charge in [-0.3, -0.25) is 0 Å². The molecule has 0 atom stereocenters. The molecule has 0 aliphatic heterocycles. The molecule has 0 amide bonds. The van der Waals surface area contributed by atoms with Crippen LogP contribution in [0.1, 0.15) is 5.56 Å². The minimum atomic E-state index is -0.517. The lowest BCUT2D eigenvalue weighted by Gasteiger charge is -2.11. The molecule has 4 rings (SSSR count). The number of aromatic nitrogens is 2. The van der Waals surface area contributed by atoms with Gasteiger partial charge in [-0.25, -0.2) is 9.97 Å². The van der Waals surface area contributed by atoms with Gasteiger partial charge in [0, 0.05) is 17.1 Å². The number of para-hydroxylation sites is 1. The van der Waals surface area contributed by atoms with E-state index < -0.39 is 5.95 Å². The Kier molecular flexibility index (Phi) is 4.68. The van der Waals surface area contributed by atoms with Crippen molar-refractivity contribution in [1.29, 1.82) is 0 Å². The summed E-state index contributed by atoms with van der Waals surface area (Å²) in [6, 6.07) is 15.7. The number of nitrogens with zero attached hydrogens (tertiary/aromatic N) is 2. The molecule has 0 aliphatic carbocycles. The molecule has 0 saturated carbocycles. The number of pyridine rings is 2. The monoisotopic (exact) mass is 398 g/mol. The summed E-state index contributed by atoms with van der Waals surface area (Å²) >= 11 is 12.3. The van der Waals surface area contributed by atoms with Crippen molar-refractivity contribution in [3.8, 4) is 22.8 Å². The molecule has 0 N–H and O–H groups in total. The lowest BCUT2D eigenvalue weighted by atomic mass is 10.1. The zero-order chi connectivity index (χ0) is 19.0. The maximum absolute atomic E-state index is 13.1. The van der Waals surface area contributed by atoms with E-state index in [1.54, 1.807) is 30.3 Å². The molecule has 2 heterocycles. The molecule has 0 spiro atoms. The highest BCUT2D eigenvalue weighted by molar-refractivity contribution is 6.37. The number of fused-ring (bicyclic) bond motifs is 1. The van der Waals surface area contributed by atoms with Crippen molar-refractivity contribution >= 4 is 34.1 Å². The van der Waals surface area contributed by atoms with Crippen molar-refractivity contribution in [2.45, 2.75) is 6.92 Å². The molecule has 2 aromatic carbocycles. The first-order valence-corrected chi connectivity index (χ1v) is 8.92. The summed E-state index contributed by atoms with van der Waals surface area (Å²) < 4.78 is 18.9. The number of benzene rings is 2. The van der Waals surface area contributed by atoms with Crippen LogP contribution in [0.15, 0.2) is 60.8 Å². The summed E-state index contributed by atoms with van der Waals surface area (Å²) in [6.07, 6.45) is 1.47. The second kappa shape index (κ2) is 7.14. The second-order valence-corrected chi connectivity index (χ2v) is 6.84. The van der Waals surface area contributed by atoms with Crippen molar-refractivity contribution < 1.29 is 9.13 Å². The van der Waals surface area contributed by atoms with Crippen LogP contribution in [0.3, 0.4) is 0 Å². The molecule has 6 heteroatoms.